The van der Waals surface area contributed by atoms with Gasteiger partial charge in [-0.1, -0.05) is 113 Å². The summed E-state index contributed by atoms with van der Waals surface area (Å²) in [5.74, 6) is -0.368. The quantitative estimate of drug-likeness (QED) is 0.0501. The van der Waals surface area contributed by atoms with E-state index in [2.05, 4.69) is 65.7 Å². The number of hydrogen-bond donors (Lipinski definition) is 4. The van der Waals surface area contributed by atoms with E-state index >= 15 is 0 Å². The minimum absolute atomic E-state index is 0.0745. The average Bonchev–Trinajstić information content (AvgIpc) is 3.87. The number of nitrogens with one attached hydrogen (secondary N) is 3. The van der Waals surface area contributed by atoms with Crippen LogP contribution in [0.5, 0.6) is 0 Å². The van der Waals surface area contributed by atoms with Crippen molar-refractivity contribution < 1.29 is 19.5 Å². The highest BCUT2D eigenvalue weighted by Crippen LogP contribution is 2.34. The van der Waals surface area contributed by atoms with Crippen LogP contribution in [0.15, 0.2) is 84.9 Å². The molecule has 9 nitrogen and oxygen atoms in total. The number of carboxylic acids is 1. The summed E-state index contributed by atoms with van der Waals surface area (Å²) in [7, 11) is 0. The number of aromatic amines is 1. The molecule has 280 valence electrons. The van der Waals surface area contributed by atoms with Crippen LogP contribution < -0.4 is 15.7 Å². The van der Waals surface area contributed by atoms with Gasteiger partial charge in [0.25, 0.3) is 0 Å². The van der Waals surface area contributed by atoms with Gasteiger partial charge in [-0.2, -0.15) is 0 Å². The lowest BCUT2D eigenvalue weighted by atomic mass is 10.0. The number of aliphatic carboxylic acids is 1. The summed E-state index contributed by atoms with van der Waals surface area (Å²) >= 11 is 0. The lowest BCUT2D eigenvalue weighted by molar-refractivity contribution is -0.148. The Bertz CT molecular complexity index is 1810. The molecule has 0 saturated heterocycles. The van der Waals surface area contributed by atoms with Crippen molar-refractivity contribution in [3.8, 4) is 33.9 Å². The van der Waals surface area contributed by atoms with Crippen molar-refractivity contribution in [3.05, 3.63) is 96.1 Å². The maximum absolute atomic E-state index is 12.5. The number of hydroxylamine groups is 1. The molecule has 0 bridgehead atoms. The first kappa shape index (κ1) is 39.1. The Morgan fingerprint density at radius 2 is 1.36 bits per heavy atom. The Morgan fingerprint density at radius 3 is 1.96 bits per heavy atom. The molecule has 1 aliphatic heterocycles. The summed E-state index contributed by atoms with van der Waals surface area (Å²) in [5.41, 5.74) is 10.7. The molecule has 1 aromatic heterocycles. The molecule has 1 aliphatic rings. The van der Waals surface area contributed by atoms with E-state index in [1.807, 2.05) is 54.6 Å². The van der Waals surface area contributed by atoms with Crippen LogP contribution in [0.4, 0.5) is 5.69 Å². The first-order valence-electron chi connectivity index (χ1n) is 19.4. The van der Waals surface area contributed by atoms with Crippen LogP contribution in [0.25, 0.3) is 45.7 Å². The molecule has 9 heteroatoms. The van der Waals surface area contributed by atoms with E-state index in [0.29, 0.717) is 12.2 Å². The highest BCUT2D eigenvalue weighted by atomic mass is 16.7. The number of amides is 1. The van der Waals surface area contributed by atoms with Gasteiger partial charge in [-0.3, -0.25) is 15.1 Å². The smallest absolute Gasteiger partial charge is 0.339 e. The highest BCUT2D eigenvalue weighted by Gasteiger charge is 2.24. The van der Waals surface area contributed by atoms with E-state index in [4.69, 9.17) is 9.82 Å². The number of H-pyrrole nitrogens is 1. The molecule has 3 aromatic carbocycles. The SMILES string of the molecule is CCCCCCCCCCCCNC(=O)C=Cc1ccc(-c2[nH]c(-c3ccc(N(CC)CC)cc3)nc2-c2ccc(C3=CC(C(=O)O)ON3)cc2)cc1. The maximum atomic E-state index is 12.5. The van der Waals surface area contributed by atoms with E-state index in [1.165, 1.54) is 57.1 Å². The van der Waals surface area contributed by atoms with Gasteiger partial charge in [-0.15, -0.1) is 0 Å². The predicted octanol–water partition coefficient (Wildman–Crippen LogP) is 9.64. The van der Waals surface area contributed by atoms with Crippen molar-refractivity contribution >= 4 is 29.3 Å². The minimum atomic E-state index is -1.05. The molecule has 1 atom stereocenters. The largest absolute Gasteiger partial charge is 0.479 e. The minimum Gasteiger partial charge on any atom is -0.479 e. The third-order valence-electron chi connectivity index (χ3n) is 9.76. The van der Waals surface area contributed by atoms with Crippen molar-refractivity contribution in [3.63, 3.8) is 0 Å². The van der Waals surface area contributed by atoms with E-state index in [-0.39, 0.29) is 5.91 Å². The fourth-order valence-corrected chi connectivity index (χ4v) is 6.59. The molecule has 0 saturated carbocycles. The Hall–Kier alpha value is -5.15. The summed E-state index contributed by atoms with van der Waals surface area (Å²) in [6.45, 7) is 9.13. The zero-order valence-corrected chi connectivity index (χ0v) is 31.5. The second kappa shape index (κ2) is 20.2. The monoisotopic (exact) mass is 717 g/mol. The maximum Gasteiger partial charge on any atom is 0.339 e. The molecular weight excluding hydrogens is 663 g/mol. The van der Waals surface area contributed by atoms with Gasteiger partial charge in [0.05, 0.1) is 17.1 Å². The van der Waals surface area contributed by atoms with Crippen LogP contribution in [-0.4, -0.2) is 52.7 Å². The van der Waals surface area contributed by atoms with Crippen molar-refractivity contribution in [1.29, 1.82) is 0 Å². The number of unbranched alkanes of at least 4 members (excludes halogenated alkanes) is 9. The molecule has 0 radical (unpaired) electrons. The number of imidazole rings is 1. The molecule has 4 aromatic rings. The number of hydrogen-bond acceptors (Lipinski definition) is 6. The number of anilines is 1. The van der Waals surface area contributed by atoms with Crippen molar-refractivity contribution in [2.45, 2.75) is 91.1 Å². The molecule has 4 N–H and O–H groups in total. The Balaban J connectivity index is 1.25. The third-order valence-corrected chi connectivity index (χ3v) is 9.76. The Morgan fingerprint density at radius 1 is 0.774 bits per heavy atom. The van der Waals surface area contributed by atoms with Crippen molar-refractivity contribution in [2.75, 3.05) is 24.5 Å². The molecule has 53 heavy (non-hydrogen) atoms. The fraction of sp³-hybridized carbons (Fsp3) is 0.386. The lowest BCUT2D eigenvalue weighted by Crippen LogP contribution is -2.21. The molecular formula is C44H55N5O4. The number of carboxylic acid groups (broad SMARTS) is 1. The van der Waals surface area contributed by atoms with Crippen LogP contribution in [-0.2, 0) is 14.4 Å². The zero-order valence-electron chi connectivity index (χ0n) is 31.5. The average molecular weight is 718 g/mol. The van der Waals surface area contributed by atoms with E-state index in [0.717, 1.165) is 71.0 Å². The second-order valence-corrected chi connectivity index (χ2v) is 13.6. The first-order chi connectivity index (χ1) is 25.9. The molecule has 0 aliphatic carbocycles. The number of nitrogens with zero attached hydrogens (tertiary/aromatic N) is 2. The van der Waals surface area contributed by atoms with E-state index in [9.17, 15) is 14.7 Å². The topological polar surface area (TPSA) is 120 Å². The molecule has 1 amide bonds. The van der Waals surface area contributed by atoms with Gasteiger partial charge < -0.3 is 20.3 Å². The molecule has 2 heterocycles. The van der Waals surface area contributed by atoms with Crippen LogP contribution in [0.1, 0.15) is 96.1 Å². The van der Waals surface area contributed by atoms with Crippen molar-refractivity contribution in [2.24, 2.45) is 0 Å². The normalized spacial score (nSPS) is 13.9. The summed E-state index contributed by atoms with van der Waals surface area (Å²) in [4.78, 5) is 40.0. The molecule has 0 fully saturated rings. The van der Waals surface area contributed by atoms with Crippen molar-refractivity contribution in [1.82, 2.24) is 20.8 Å². The highest BCUT2D eigenvalue weighted by molar-refractivity contribution is 5.92. The van der Waals surface area contributed by atoms with Crippen LogP contribution in [0.3, 0.4) is 0 Å². The van der Waals surface area contributed by atoms with Gasteiger partial charge in [0.15, 0.2) is 0 Å². The zero-order chi connectivity index (χ0) is 37.4. The van der Waals surface area contributed by atoms with Crippen LogP contribution >= 0.6 is 0 Å². The van der Waals surface area contributed by atoms with Gasteiger partial charge in [0, 0.05) is 48.1 Å². The standard InChI is InChI=1S/C44H55N5O4/c1-4-7-8-9-10-11-12-13-14-15-30-45-40(50)29-18-32-16-19-34(20-17-32)41-42(35-23-21-33(22-24-35)38-31-39(44(51)52)53-48-38)47-43(46-41)36-25-27-37(28-26-36)49(5-2)6-3/h16-29,31,39,48H,4-15,30H2,1-3H3,(H,45,50)(H,46,47)(H,51,52). The number of carbonyl (C=O) groups is 2. The number of aromatic nitrogens is 2. The second-order valence-electron chi connectivity index (χ2n) is 13.6. The molecule has 1 unspecified atom stereocenters. The summed E-state index contributed by atoms with van der Waals surface area (Å²) < 4.78 is 0. The summed E-state index contributed by atoms with van der Waals surface area (Å²) in [6.07, 6.45) is 16.7. The Labute approximate surface area is 314 Å². The Kier molecular flexibility index (Phi) is 14.9. The summed E-state index contributed by atoms with van der Waals surface area (Å²) in [5, 5.41) is 12.3. The number of benzene rings is 3. The first-order valence-corrected chi connectivity index (χ1v) is 19.4. The molecule has 0 spiro atoms. The van der Waals surface area contributed by atoms with E-state index in [1.54, 1.807) is 12.2 Å². The van der Waals surface area contributed by atoms with Gasteiger partial charge in [0.1, 0.15) is 5.82 Å². The molecule has 5 rings (SSSR count). The van der Waals surface area contributed by atoms with E-state index < -0.39 is 12.1 Å². The third kappa shape index (κ3) is 11.2. The van der Waals surface area contributed by atoms with Gasteiger partial charge in [-0.05, 0) is 67.8 Å². The summed E-state index contributed by atoms with van der Waals surface area (Å²) in [6, 6.07) is 24.3. The lowest BCUT2D eigenvalue weighted by Gasteiger charge is -2.20. The fourth-order valence-electron chi connectivity index (χ4n) is 6.59. The van der Waals surface area contributed by atoms with Gasteiger partial charge in [-0.25, -0.2) is 9.78 Å². The van der Waals surface area contributed by atoms with Gasteiger partial charge >= 0.3 is 5.97 Å². The van der Waals surface area contributed by atoms with Crippen LogP contribution in [0, 0.1) is 0 Å². The number of carbonyl (C=O) groups excluding carboxylic acids is 1. The predicted molar refractivity (Wildman–Crippen MR) is 216 cm³/mol. The van der Waals surface area contributed by atoms with Crippen LogP contribution in [0.2, 0.25) is 0 Å². The van der Waals surface area contributed by atoms with Gasteiger partial charge in [0.2, 0.25) is 12.0 Å². The number of rotatable bonds is 21.